The number of amides is 1. The zero-order valence-electron chi connectivity index (χ0n) is 9.56. The topological polar surface area (TPSA) is 60.9 Å². The Hall–Kier alpha value is -1.36. The van der Waals surface area contributed by atoms with E-state index in [2.05, 4.69) is 6.58 Å². The van der Waals surface area contributed by atoms with Gasteiger partial charge in [0.15, 0.2) is 0 Å². The van der Waals surface area contributed by atoms with E-state index in [0.29, 0.717) is 19.6 Å². The van der Waals surface area contributed by atoms with E-state index in [1.807, 2.05) is 11.8 Å². The van der Waals surface area contributed by atoms with Gasteiger partial charge in [-0.3, -0.25) is 14.5 Å². The molecule has 1 unspecified atom stereocenters. The zero-order valence-corrected chi connectivity index (χ0v) is 9.56. The van der Waals surface area contributed by atoms with E-state index < -0.39 is 12.0 Å². The maximum absolute atomic E-state index is 12.0. The maximum atomic E-state index is 12.0. The second-order valence-corrected chi connectivity index (χ2v) is 3.82. The molecule has 0 bridgehead atoms. The highest BCUT2D eigenvalue weighted by molar-refractivity contribution is 5.87. The number of carbonyl (C=O) groups is 2. The van der Waals surface area contributed by atoms with Crippen molar-refractivity contribution < 1.29 is 14.7 Å². The van der Waals surface area contributed by atoms with Crippen LogP contribution in [0.2, 0.25) is 0 Å². The first-order valence-electron chi connectivity index (χ1n) is 5.45. The second-order valence-electron chi connectivity index (χ2n) is 3.82. The lowest BCUT2D eigenvalue weighted by Crippen LogP contribution is -2.57. The summed E-state index contributed by atoms with van der Waals surface area (Å²) in [5.74, 6) is -1.03. The lowest BCUT2D eigenvalue weighted by molar-refractivity contribution is -0.148. The van der Waals surface area contributed by atoms with E-state index in [1.165, 1.54) is 0 Å². The molecule has 0 aromatic heterocycles. The predicted molar refractivity (Wildman–Crippen MR) is 60.1 cm³/mol. The van der Waals surface area contributed by atoms with E-state index in [0.717, 1.165) is 6.54 Å². The van der Waals surface area contributed by atoms with Gasteiger partial charge in [-0.2, -0.15) is 0 Å². The van der Waals surface area contributed by atoms with Crippen LogP contribution in [0.3, 0.4) is 0 Å². The number of rotatable bonds is 5. The molecule has 1 atom stereocenters. The van der Waals surface area contributed by atoms with Crippen LogP contribution in [-0.2, 0) is 9.59 Å². The molecule has 1 N–H and O–H groups in total. The summed E-state index contributed by atoms with van der Waals surface area (Å²) in [6, 6.07) is -0.517. The van der Waals surface area contributed by atoms with E-state index in [-0.39, 0.29) is 12.3 Å². The summed E-state index contributed by atoms with van der Waals surface area (Å²) in [7, 11) is 0. The number of hydrogen-bond acceptors (Lipinski definition) is 3. The summed E-state index contributed by atoms with van der Waals surface area (Å²) in [4.78, 5) is 26.3. The van der Waals surface area contributed by atoms with E-state index in [9.17, 15) is 9.59 Å². The van der Waals surface area contributed by atoms with Crippen molar-refractivity contribution in [3.63, 3.8) is 0 Å². The standard InChI is InChI=1S/C11H18N2O3/c1-3-5-13-7-6-12(4-2)9(11(13)16)8-10(14)15/h3,9H,1,4-8H2,2H3,(H,14,15). The number of nitrogens with zero attached hydrogens (tertiary/aromatic N) is 2. The molecule has 1 heterocycles. The lowest BCUT2D eigenvalue weighted by Gasteiger charge is -2.39. The Balaban J connectivity index is 2.74. The molecule has 1 fully saturated rings. The molecule has 5 heteroatoms. The van der Waals surface area contributed by atoms with Crippen LogP contribution in [0.4, 0.5) is 0 Å². The smallest absolute Gasteiger partial charge is 0.305 e. The Morgan fingerprint density at radius 2 is 2.31 bits per heavy atom. The molecular formula is C11H18N2O3. The van der Waals surface area contributed by atoms with Gasteiger partial charge in [0.2, 0.25) is 5.91 Å². The third-order valence-electron chi connectivity index (χ3n) is 2.82. The van der Waals surface area contributed by atoms with E-state index in [4.69, 9.17) is 5.11 Å². The lowest BCUT2D eigenvalue weighted by atomic mass is 10.1. The van der Waals surface area contributed by atoms with Crippen molar-refractivity contribution in [2.24, 2.45) is 0 Å². The van der Waals surface area contributed by atoms with Crippen molar-refractivity contribution in [2.45, 2.75) is 19.4 Å². The zero-order chi connectivity index (χ0) is 12.1. The van der Waals surface area contributed by atoms with Crippen LogP contribution in [0, 0.1) is 0 Å². The monoisotopic (exact) mass is 226 g/mol. The van der Waals surface area contributed by atoms with Crippen LogP contribution in [0.5, 0.6) is 0 Å². The predicted octanol–water partition coefficient (Wildman–Crippen LogP) is 0.180. The fourth-order valence-electron chi connectivity index (χ4n) is 1.98. The molecule has 0 aromatic carbocycles. The average Bonchev–Trinajstić information content (AvgIpc) is 2.24. The van der Waals surface area contributed by atoms with E-state index in [1.54, 1.807) is 11.0 Å². The Bertz CT molecular complexity index is 291. The summed E-state index contributed by atoms with van der Waals surface area (Å²) in [5.41, 5.74) is 0. The van der Waals surface area contributed by atoms with Crippen molar-refractivity contribution in [3.8, 4) is 0 Å². The number of carboxylic acids is 1. The van der Waals surface area contributed by atoms with Gasteiger partial charge in [-0.1, -0.05) is 13.0 Å². The van der Waals surface area contributed by atoms with Crippen molar-refractivity contribution in [1.29, 1.82) is 0 Å². The third-order valence-corrected chi connectivity index (χ3v) is 2.82. The molecule has 0 aliphatic carbocycles. The van der Waals surface area contributed by atoms with Gasteiger partial charge in [0.25, 0.3) is 0 Å². The van der Waals surface area contributed by atoms with Gasteiger partial charge in [-0.15, -0.1) is 6.58 Å². The normalized spacial score (nSPS) is 22.2. The molecule has 1 saturated heterocycles. The first-order chi connectivity index (χ1) is 7.60. The molecule has 1 aliphatic heterocycles. The van der Waals surface area contributed by atoms with E-state index >= 15 is 0 Å². The van der Waals surface area contributed by atoms with Gasteiger partial charge in [0.05, 0.1) is 12.5 Å². The molecule has 1 rings (SSSR count). The first kappa shape index (κ1) is 12.7. The molecule has 0 saturated carbocycles. The molecule has 90 valence electrons. The summed E-state index contributed by atoms with van der Waals surface area (Å²) in [6.45, 7) is 8.10. The number of aliphatic carboxylic acids is 1. The first-order valence-corrected chi connectivity index (χ1v) is 5.45. The fraction of sp³-hybridized carbons (Fsp3) is 0.636. The van der Waals surface area contributed by atoms with Gasteiger partial charge < -0.3 is 10.0 Å². The largest absolute Gasteiger partial charge is 0.481 e. The molecule has 0 spiro atoms. The highest BCUT2D eigenvalue weighted by atomic mass is 16.4. The van der Waals surface area contributed by atoms with Gasteiger partial charge in [-0.05, 0) is 6.54 Å². The summed E-state index contributed by atoms with van der Waals surface area (Å²) >= 11 is 0. The van der Waals surface area contributed by atoms with Crippen molar-refractivity contribution >= 4 is 11.9 Å². The molecule has 1 amide bonds. The quantitative estimate of drug-likeness (QED) is 0.679. The number of likely N-dealkylation sites (N-methyl/N-ethyl adjacent to an activating group) is 1. The maximum Gasteiger partial charge on any atom is 0.305 e. The van der Waals surface area contributed by atoms with Crippen molar-refractivity contribution in [3.05, 3.63) is 12.7 Å². The molecule has 0 radical (unpaired) electrons. The average molecular weight is 226 g/mol. The molecule has 0 aromatic rings. The van der Waals surface area contributed by atoms with Crippen LogP contribution in [-0.4, -0.2) is 59.0 Å². The highest BCUT2D eigenvalue weighted by Crippen LogP contribution is 2.14. The van der Waals surface area contributed by atoms with Crippen molar-refractivity contribution in [1.82, 2.24) is 9.80 Å². The summed E-state index contributed by atoms with van der Waals surface area (Å²) < 4.78 is 0. The van der Waals surface area contributed by atoms with Crippen LogP contribution >= 0.6 is 0 Å². The number of hydrogen-bond donors (Lipinski definition) is 1. The summed E-state index contributed by atoms with van der Waals surface area (Å²) in [5, 5.41) is 8.80. The SMILES string of the molecule is C=CCN1CCN(CC)C(CC(=O)O)C1=O. The highest BCUT2D eigenvalue weighted by Gasteiger charge is 2.34. The minimum absolute atomic E-state index is 0.101. The second kappa shape index (κ2) is 5.65. The number of carboxylic acid groups (broad SMARTS) is 1. The number of piperazine rings is 1. The minimum atomic E-state index is -0.933. The molecule has 16 heavy (non-hydrogen) atoms. The Labute approximate surface area is 95.3 Å². The van der Waals surface area contributed by atoms with Crippen LogP contribution in [0.1, 0.15) is 13.3 Å². The van der Waals surface area contributed by atoms with Crippen LogP contribution < -0.4 is 0 Å². The molecule has 1 aliphatic rings. The Kier molecular flexibility index (Phi) is 4.49. The van der Waals surface area contributed by atoms with Gasteiger partial charge in [-0.25, -0.2) is 0 Å². The minimum Gasteiger partial charge on any atom is -0.481 e. The summed E-state index contributed by atoms with van der Waals surface area (Å²) in [6.07, 6.45) is 1.54. The van der Waals surface area contributed by atoms with Crippen LogP contribution in [0.15, 0.2) is 12.7 Å². The van der Waals surface area contributed by atoms with Gasteiger partial charge in [0, 0.05) is 19.6 Å². The Morgan fingerprint density at radius 1 is 1.62 bits per heavy atom. The molecular weight excluding hydrogens is 208 g/mol. The molecule has 5 nitrogen and oxygen atoms in total. The van der Waals surface area contributed by atoms with Gasteiger partial charge in [0.1, 0.15) is 0 Å². The fourth-order valence-corrected chi connectivity index (χ4v) is 1.98. The van der Waals surface area contributed by atoms with Gasteiger partial charge >= 0.3 is 5.97 Å². The third kappa shape index (κ3) is 2.82. The van der Waals surface area contributed by atoms with Crippen LogP contribution in [0.25, 0.3) is 0 Å². The van der Waals surface area contributed by atoms with Crippen molar-refractivity contribution in [2.75, 3.05) is 26.2 Å². The number of carbonyl (C=O) groups excluding carboxylic acids is 1. The Morgan fingerprint density at radius 3 is 2.81 bits per heavy atom.